The van der Waals surface area contributed by atoms with Gasteiger partial charge in [-0.2, -0.15) is 20.1 Å². The second kappa shape index (κ2) is 13.2. The van der Waals surface area contributed by atoms with Gasteiger partial charge < -0.3 is 28.7 Å². The highest BCUT2D eigenvalue weighted by atomic mass is 19.1. The van der Waals surface area contributed by atoms with E-state index in [9.17, 15) is 4.39 Å². The van der Waals surface area contributed by atoms with Crippen LogP contribution in [0.15, 0.2) is 47.6 Å². The molecule has 2 saturated heterocycles. The highest BCUT2D eigenvalue weighted by molar-refractivity contribution is 5.81. The summed E-state index contributed by atoms with van der Waals surface area (Å²) < 4.78 is 35.8. The third-order valence-electron chi connectivity index (χ3n) is 6.15. The minimum Gasteiger partial charge on any atom is -0.490 e. The van der Waals surface area contributed by atoms with Crippen molar-refractivity contribution in [3.63, 3.8) is 0 Å². The predicted molar refractivity (Wildman–Crippen MR) is 145 cm³/mol. The first-order chi connectivity index (χ1) is 19.2. The molecule has 0 radical (unpaired) electrons. The molecule has 0 bridgehead atoms. The molecule has 2 fully saturated rings. The van der Waals surface area contributed by atoms with Crippen LogP contribution in [0, 0.1) is 5.82 Å². The van der Waals surface area contributed by atoms with Gasteiger partial charge in [0, 0.05) is 26.2 Å². The first-order valence-corrected chi connectivity index (χ1v) is 13.0. The van der Waals surface area contributed by atoms with Crippen LogP contribution in [0.2, 0.25) is 0 Å². The number of morpholine rings is 2. The summed E-state index contributed by atoms with van der Waals surface area (Å²) in [7, 11) is 0. The van der Waals surface area contributed by atoms with E-state index in [1.807, 2.05) is 25.1 Å². The summed E-state index contributed by atoms with van der Waals surface area (Å²) in [6.45, 7) is 8.06. The molecule has 0 amide bonds. The Hall–Kier alpha value is -4.03. The second-order valence-electron chi connectivity index (χ2n) is 8.88. The lowest BCUT2D eigenvalue weighted by atomic mass is 10.2. The average Bonchev–Trinajstić information content (AvgIpc) is 2.98. The molecule has 1 N–H and O–H groups in total. The van der Waals surface area contributed by atoms with Gasteiger partial charge in [0.15, 0.2) is 11.5 Å². The highest BCUT2D eigenvalue weighted by Crippen LogP contribution is 2.29. The molecule has 2 aliphatic rings. The molecule has 0 spiro atoms. The van der Waals surface area contributed by atoms with E-state index in [1.165, 1.54) is 12.1 Å². The van der Waals surface area contributed by atoms with E-state index in [1.54, 1.807) is 18.3 Å². The first kappa shape index (κ1) is 26.6. The lowest BCUT2D eigenvalue weighted by Crippen LogP contribution is -2.40. The Kier molecular flexibility index (Phi) is 8.97. The standard InChI is InChI=1S/C27H32FN7O4/c1-2-38-24-17-21(5-8-23(24)39-19-20-3-6-22(28)7-4-20)18-29-33-25-30-26(34-9-13-36-14-10-34)32-27(31-25)35-11-15-37-16-12-35/h3-8,17-18H,2,9-16,19H2,1H3,(H,30,31,32,33)/b29-18-. The Balaban J connectivity index is 1.29. The third-order valence-corrected chi connectivity index (χ3v) is 6.15. The maximum atomic E-state index is 13.2. The average molecular weight is 538 g/mol. The quantitative estimate of drug-likeness (QED) is 0.306. The number of nitrogens with zero attached hydrogens (tertiary/aromatic N) is 6. The lowest BCUT2D eigenvalue weighted by Gasteiger charge is -2.30. The maximum absolute atomic E-state index is 13.2. The van der Waals surface area contributed by atoms with E-state index in [2.05, 4.69) is 30.3 Å². The van der Waals surface area contributed by atoms with Crippen LogP contribution in [0.5, 0.6) is 11.5 Å². The van der Waals surface area contributed by atoms with Gasteiger partial charge in [-0.25, -0.2) is 9.82 Å². The number of hydrogen-bond donors (Lipinski definition) is 1. The summed E-state index contributed by atoms with van der Waals surface area (Å²) >= 11 is 0. The molecule has 1 aromatic heterocycles. The van der Waals surface area contributed by atoms with Crippen LogP contribution in [-0.4, -0.2) is 80.4 Å². The van der Waals surface area contributed by atoms with Crippen LogP contribution < -0.4 is 24.7 Å². The molecule has 0 unspecified atom stereocenters. The van der Waals surface area contributed by atoms with Crippen molar-refractivity contribution in [2.24, 2.45) is 5.10 Å². The smallest absolute Gasteiger partial charge is 0.250 e. The van der Waals surface area contributed by atoms with E-state index in [-0.39, 0.29) is 5.82 Å². The molecule has 0 saturated carbocycles. The molecule has 2 aliphatic heterocycles. The van der Waals surface area contributed by atoms with Crippen LogP contribution in [-0.2, 0) is 16.1 Å². The third kappa shape index (κ3) is 7.30. The molecule has 206 valence electrons. The van der Waals surface area contributed by atoms with Gasteiger partial charge in [-0.15, -0.1) is 0 Å². The summed E-state index contributed by atoms with van der Waals surface area (Å²) in [4.78, 5) is 18.1. The minimum atomic E-state index is -0.280. The van der Waals surface area contributed by atoms with Gasteiger partial charge in [0.25, 0.3) is 0 Å². The Morgan fingerprint density at radius 3 is 2.13 bits per heavy atom. The number of anilines is 3. The Bertz CT molecular complexity index is 1210. The van der Waals surface area contributed by atoms with Gasteiger partial charge >= 0.3 is 0 Å². The fraction of sp³-hybridized carbons (Fsp3) is 0.407. The van der Waals surface area contributed by atoms with Crippen molar-refractivity contribution >= 4 is 24.1 Å². The van der Waals surface area contributed by atoms with Gasteiger partial charge in [0.1, 0.15) is 12.4 Å². The predicted octanol–water partition coefficient (Wildman–Crippen LogP) is 3.11. The fourth-order valence-corrected chi connectivity index (χ4v) is 4.11. The number of aromatic nitrogens is 3. The van der Waals surface area contributed by atoms with Crippen molar-refractivity contribution in [2.45, 2.75) is 13.5 Å². The molecular weight excluding hydrogens is 505 g/mol. The van der Waals surface area contributed by atoms with Crippen molar-refractivity contribution < 1.29 is 23.3 Å². The van der Waals surface area contributed by atoms with E-state index < -0.39 is 0 Å². The van der Waals surface area contributed by atoms with Crippen molar-refractivity contribution in [3.8, 4) is 11.5 Å². The molecule has 11 nitrogen and oxygen atoms in total. The number of benzene rings is 2. The van der Waals surface area contributed by atoms with E-state index in [0.717, 1.165) is 11.1 Å². The Morgan fingerprint density at radius 2 is 1.51 bits per heavy atom. The zero-order valence-corrected chi connectivity index (χ0v) is 21.9. The molecule has 12 heteroatoms. The number of ether oxygens (including phenoxy) is 4. The number of hydrogen-bond acceptors (Lipinski definition) is 11. The zero-order chi connectivity index (χ0) is 26.9. The van der Waals surface area contributed by atoms with E-state index >= 15 is 0 Å². The van der Waals surface area contributed by atoms with Crippen molar-refractivity contribution in [1.29, 1.82) is 0 Å². The summed E-state index contributed by atoms with van der Waals surface area (Å²) in [5, 5.41) is 4.37. The Labute approximate surface area is 226 Å². The van der Waals surface area contributed by atoms with Crippen molar-refractivity contribution in [2.75, 3.05) is 74.4 Å². The summed E-state index contributed by atoms with van der Waals surface area (Å²) in [5.74, 6) is 2.44. The SMILES string of the molecule is CCOc1cc(/C=N\Nc2nc(N3CCOCC3)nc(N3CCOCC3)n2)ccc1OCc1ccc(F)cc1. The van der Waals surface area contributed by atoms with E-state index in [0.29, 0.717) is 95.2 Å². The molecule has 0 aliphatic carbocycles. The van der Waals surface area contributed by atoms with Gasteiger partial charge in [-0.3, -0.25) is 0 Å². The topological polar surface area (TPSA) is 106 Å². The largest absolute Gasteiger partial charge is 0.490 e. The molecule has 5 rings (SSSR count). The van der Waals surface area contributed by atoms with Gasteiger partial charge in [0.2, 0.25) is 17.8 Å². The molecule has 0 atom stereocenters. The summed E-state index contributed by atoms with van der Waals surface area (Å²) in [6.07, 6.45) is 1.67. The highest BCUT2D eigenvalue weighted by Gasteiger charge is 2.20. The number of halogens is 1. The second-order valence-corrected chi connectivity index (χ2v) is 8.88. The molecular formula is C27H32FN7O4. The van der Waals surface area contributed by atoms with E-state index in [4.69, 9.17) is 23.9 Å². The maximum Gasteiger partial charge on any atom is 0.250 e. The van der Waals surface area contributed by atoms with Crippen LogP contribution in [0.3, 0.4) is 0 Å². The summed E-state index contributed by atoms with van der Waals surface area (Å²) in [6, 6.07) is 11.8. The van der Waals surface area contributed by atoms with Crippen LogP contribution in [0.4, 0.5) is 22.2 Å². The number of nitrogens with one attached hydrogen (secondary N) is 1. The summed E-state index contributed by atoms with van der Waals surface area (Å²) in [5.41, 5.74) is 4.62. The molecule has 2 aromatic carbocycles. The first-order valence-electron chi connectivity index (χ1n) is 13.0. The lowest BCUT2D eigenvalue weighted by molar-refractivity contribution is 0.121. The Morgan fingerprint density at radius 1 is 0.872 bits per heavy atom. The van der Waals surface area contributed by atoms with Crippen LogP contribution >= 0.6 is 0 Å². The molecule has 3 heterocycles. The molecule has 39 heavy (non-hydrogen) atoms. The molecule has 3 aromatic rings. The van der Waals surface area contributed by atoms with Crippen molar-refractivity contribution in [1.82, 2.24) is 15.0 Å². The van der Waals surface area contributed by atoms with Crippen LogP contribution in [0.25, 0.3) is 0 Å². The van der Waals surface area contributed by atoms with Gasteiger partial charge in [-0.1, -0.05) is 12.1 Å². The van der Waals surface area contributed by atoms with Crippen LogP contribution in [0.1, 0.15) is 18.1 Å². The minimum absolute atomic E-state index is 0.280. The normalized spacial score (nSPS) is 15.9. The zero-order valence-electron chi connectivity index (χ0n) is 21.9. The van der Waals surface area contributed by atoms with Crippen molar-refractivity contribution in [3.05, 3.63) is 59.4 Å². The fourth-order valence-electron chi connectivity index (χ4n) is 4.11. The number of rotatable bonds is 10. The van der Waals surface area contributed by atoms with Gasteiger partial charge in [-0.05, 0) is 48.4 Å². The number of hydrazone groups is 1. The van der Waals surface area contributed by atoms with Gasteiger partial charge in [0.05, 0.1) is 39.2 Å². The monoisotopic (exact) mass is 537 g/mol.